The van der Waals surface area contributed by atoms with Gasteiger partial charge in [0.25, 0.3) is 11.8 Å². The van der Waals surface area contributed by atoms with Gasteiger partial charge in [0.15, 0.2) is 6.29 Å². The molecule has 47 heavy (non-hydrogen) atoms. The monoisotopic (exact) mass is 671 g/mol. The van der Waals surface area contributed by atoms with E-state index in [1.165, 1.54) is 13.8 Å². The molecule has 3 unspecified atom stereocenters. The third-order valence-electron chi connectivity index (χ3n) is 8.82. The molecule has 2 N–H and O–H groups in total. The van der Waals surface area contributed by atoms with E-state index in [-0.39, 0.29) is 40.9 Å². The minimum Gasteiger partial charge on any atom is -0.465 e. The van der Waals surface area contributed by atoms with Crippen molar-refractivity contribution in [1.82, 2.24) is 4.98 Å². The molecule has 7 rings (SSSR count). The predicted molar refractivity (Wildman–Crippen MR) is 183 cm³/mol. The topological polar surface area (TPSA) is 112 Å². The van der Waals surface area contributed by atoms with Crippen LogP contribution >= 0.6 is 23.2 Å². The predicted octanol–water partition coefficient (Wildman–Crippen LogP) is 6.93. The third-order valence-corrected chi connectivity index (χ3v) is 9.56. The van der Waals surface area contributed by atoms with E-state index in [2.05, 4.69) is 4.98 Å². The maximum Gasteiger partial charge on any atom is 0.308 e. The first-order valence-corrected chi connectivity index (χ1v) is 16.4. The van der Waals surface area contributed by atoms with Gasteiger partial charge in [-0.15, -0.1) is 23.2 Å². The Bertz CT molecular complexity index is 2080. The first kappa shape index (κ1) is 31.1. The molecule has 2 aliphatic heterocycles. The molecule has 0 aliphatic carbocycles. The van der Waals surface area contributed by atoms with E-state index >= 15 is 0 Å². The number of rotatable bonds is 7. The van der Waals surface area contributed by atoms with Crippen molar-refractivity contribution in [2.75, 3.05) is 34.6 Å². The van der Waals surface area contributed by atoms with Crippen LogP contribution < -0.4 is 19.3 Å². The summed E-state index contributed by atoms with van der Waals surface area (Å²) in [4.78, 5) is 46.4. The number of fused-ring (bicyclic) bond motifs is 6. The van der Waals surface area contributed by atoms with Crippen molar-refractivity contribution in [3.05, 3.63) is 95.3 Å². The smallest absolute Gasteiger partial charge is 0.308 e. The highest BCUT2D eigenvalue weighted by molar-refractivity contribution is 6.20. The zero-order chi connectivity index (χ0) is 33.0. The number of aromatic amines is 1. The van der Waals surface area contributed by atoms with Gasteiger partial charge in [-0.2, -0.15) is 0 Å². The van der Waals surface area contributed by atoms with Crippen molar-refractivity contribution in [3.63, 3.8) is 0 Å². The second-order valence-electron chi connectivity index (χ2n) is 11.8. The van der Waals surface area contributed by atoms with Gasteiger partial charge in [0, 0.05) is 66.5 Å². The van der Waals surface area contributed by atoms with Gasteiger partial charge in [-0.3, -0.25) is 14.4 Å². The Morgan fingerprint density at radius 1 is 0.787 bits per heavy atom. The molecular weight excluding hydrogens is 641 g/mol. The van der Waals surface area contributed by atoms with Crippen molar-refractivity contribution in [2.45, 2.75) is 32.0 Å². The average Bonchev–Trinajstić information content (AvgIpc) is 3.80. The molecule has 2 amide bonds. The van der Waals surface area contributed by atoms with Crippen LogP contribution in [0.1, 0.15) is 57.8 Å². The van der Waals surface area contributed by atoms with Gasteiger partial charge in [-0.05, 0) is 41.0 Å². The van der Waals surface area contributed by atoms with E-state index in [0.717, 1.165) is 32.7 Å². The highest BCUT2D eigenvalue weighted by atomic mass is 35.5. The molecular formula is C36H31Cl2N3O6. The number of aromatic nitrogens is 1. The number of aliphatic hydroxyl groups excluding tert-OH is 1. The number of esters is 1. The molecule has 0 bridgehead atoms. The number of hydrogen-bond donors (Lipinski definition) is 2. The number of nitrogens with one attached hydrogen (secondary N) is 1. The Labute approximate surface area is 280 Å². The molecule has 0 spiro atoms. The molecule has 0 saturated carbocycles. The number of amides is 2. The fourth-order valence-electron chi connectivity index (χ4n) is 6.92. The van der Waals surface area contributed by atoms with Crippen molar-refractivity contribution >= 4 is 73.9 Å². The highest BCUT2D eigenvalue weighted by Crippen LogP contribution is 2.47. The molecule has 2 aliphatic rings. The largest absolute Gasteiger partial charge is 0.465 e. The quantitative estimate of drug-likeness (QED) is 0.0840. The molecule has 0 fully saturated rings. The molecule has 0 radical (unpaired) electrons. The van der Waals surface area contributed by atoms with Gasteiger partial charge < -0.3 is 29.4 Å². The van der Waals surface area contributed by atoms with Crippen LogP contribution in [-0.2, 0) is 4.79 Å². The Balaban J connectivity index is 1.24. The van der Waals surface area contributed by atoms with Crippen LogP contribution in [0.5, 0.6) is 11.5 Å². The SMILES string of the molecule is CC(=O)Oc1cc2c(c3ccccc13)C(CCl)CN2C(=O)c1ccc(C(=O)N2CC(CCl)c3c2cc(OC(C)O)c2ccccc32)[nH]1. The lowest BCUT2D eigenvalue weighted by molar-refractivity contribution is -0.131. The van der Waals surface area contributed by atoms with E-state index in [9.17, 15) is 19.5 Å². The summed E-state index contributed by atoms with van der Waals surface area (Å²) in [5, 5.41) is 13.3. The first-order chi connectivity index (χ1) is 22.7. The van der Waals surface area contributed by atoms with Crippen LogP contribution in [-0.4, -0.2) is 59.0 Å². The average molecular weight is 673 g/mol. The summed E-state index contributed by atoms with van der Waals surface area (Å²) in [5.41, 5.74) is 3.54. The number of carbonyl (C=O) groups is 3. The summed E-state index contributed by atoms with van der Waals surface area (Å²) in [6.07, 6.45) is -1.06. The molecule has 11 heteroatoms. The Morgan fingerprint density at radius 2 is 1.23 bits per heavy atom. The number of aliphatic hydroxyl groups is 1. The molecule has 3 heterocycles. The first-order valence-electron chi connectivity index (χ1n) is 15.3. The van der Waals surface area contributed by atoms with Gasteiger partial charge in [0.1, 0.15) is 22.9 Å². The van der Waals surface area contributed by atoms with Crippen molar-refractivity contribution < 1.29 is 29.0 Å². The zero-order valence-electron chi connectivity index (χ0n) is 25.6. The lowest BCUT2D eigenvalue weighted by Gasteiger charge is -2.20. The zero-order valence-corrected chi connectivity index (χ0v) is 27.1. The summed E-state index contributed by atoms with van der Waals surface area (Å²) < 4.78 is 11.3. The fourth-order valence-corrected chi connectivity index (χ4v) is 7.42. The van der Waals surface area contributed by atoms with E-state index in [4.69, 9.17) is 32.7 Å². The maximum atomic E-state index is 14.1. The van der Waals surface area contributed by atoms with Crippen LogP contribution in [0.15, 0.2) is 72.8 Å². The molecule has 1 aromatic heterocycles. The number of H-pyrrole nitrogens is 1. The molecule has 5 aromatic rings. The van der Waals surface area contributed by atoms with Gasteiger partial charge in [-0.25, -0.2) is 0 Å². The van der Waals surface area contributed by atoms with Crippen molar-refractivity contribution in [3.8, 4) is 11.5 Å². The minimum absolute atomic E-state index is 0.132. The molecule has 240 valence electrons. The molecule has 9 nitrogen and oxygen atoms in total. The van der Waals surface area contributed by atoms with Crippen LogP contribution in [0.25, 0.3) is 21.5 Å². The molecule has 0 saturated heterocycles. The summed E-state index contributed by atoms with van der Waals surface area (Å²) in [7, 11) is 0. The number of alkyl halides is 2. The van der Waals surface area contributed by atoms with Gasteiger partial charge in [0.05, 0.1) is 11.4 Å². The Morgan fingerprint density at radius 3 is 1.68 bits per heavy atom. The number of ether oxygens (including phenoxy) is 2. The van der Waals surface area contributed by atoms with Crippen molar-refractivity contribution in [2.24, 2.45) is 0 Å². The van der Waals surface area contributed by atoms with Gasteiger partial charge in [-0.1, -0.05) is 48.5 Å². The Hall–Kier alpha value is -4.57. The van der Waals surface area contributed by atoms with Crippen LogP contribution in [0.3, 0.4) is 0 Å². The standard InChI is InChI=1S/C36H31Cl2N3O6/c1-19(42)46-31-13-29-33(25-9-5-3-7-23(25)31)21(15-37)17-40(29)35(44)27-11-12-28(39-27)36(45)41-18-22(16-38)34-26-10-6-4-8-24(26)32(14-30(34)41)47-20(2)43/h3-14,19,21-22,39,42H,15-18H2,1-2H3. The van der Waals surface area contributed by atoms with Crippen LogP contribution in [0.4, 0.5) is 11.4 Å². The van der Waals surface area contributed by atoms with E-state index in [1.807, 2.05) is 48.5 Å². The number of nitrogens with zero attached hydrogens (tertiary/aromatic N) is 2. The summed E-state index contributed by atoms with van der Waals surface area (Å²) >= 11 is 12.9. The fraction of sp³-hybridized carbons (Fsp3) is 0.250. The lowest BCUT2D eigenvalue weighted by Crippen LogP contribution is -2.32. The Kier molecular flexibility index (Phi) is 8.08. The second-order valence-corrected chi connectivity index (χ2v) is 12.5. The van der Waals surface area contributed by atoms with Gasteiger partial charge in [0.2, 0.25) is 0 Å². The van der Waals surface area contributed by atoms with E-state index < -0.39 is 12.3 Å². The van der Waals surface area contributed by atoms with E-state index in [0.29, 0.717) is 41.8 Å². The summed E-state index contributed by atoms with van der Waals surface area (Å²) in [6.45, 7) is 3.52. The lowest BCUT2D eigenvalue weighted by atomic mass is 9.95. The van der Waals surface area contributed by atoms with E-state index in [1.54, 1.807) is 34.1 Å². The number of benzene rings is 4. The third kappa shape index (κ3) is 5.28. The van der Waals surface area contributed by atoms with Crippen molar-refractivity contribution in [1.29, 1.82) is 0 Å². The summed E-state index contributed by atoms with van der Waals surface area (Å²) in [6, 6.07) is 21.9. The van der Waals surface area contributed by atoms with Crippen LogP contribution in [0.2, 0.25) is 0 Å². The number of halogens is 2. The number of anilines is 2. The maximum absolute atomic E-state index is 14.1. The summed E-state index contributed by atoms with van der Waals surface area (Å²) in [5.74, 6) is -0.0381. The normalized spacial score (nSPS) is 17.6. The second kappa shape index (κ2) is 12.2. The number of carbonyl (C=O) groups excluding carboxylic acids is 3. The minimum atomic E-state index is -1.06. The van der Waals surface area contributed by atoms with Gasteiger partial charge >= 0.3 is 5.97 Å². The molecule has 3 atom stereocenters. The number of hydrogen-bond acceptors (Lipinski definition) is 6. The van der Waals surface area contributed by atoms with Crippen LogP contribution in [0, 0.1) is 0 Å². The highest BCUT2D eigenvalue weighted by Gasteiger charge is 2.38. The molecule has 4 aromatic carbocycles.